The lowest BCUT2D eigenvalue weighted by atomic mass is 10.1. The number of aromatic hydroxyl groups is 1. The Morgan fingerprint density at radius 3 is 2.53 bits per heavy atom. The van der Waals surface area contributed by atoms with Crippen molar-refractivity contribution in [2.75, 3.05) is 19.6 Å². The van der Waals surface area contributed by atoms with E-state index in [0.717, 1.165) is 33.6 Å². The number of fused-ring (bicyclic) bond motifs is 1. The van der Waals surface area contributed by atoms with Crippen LogP contribution in [0.4, 0.5) is 5.69 Å². The summed E-state index contributed by atoms with van der Waals surface area (Å²) in [4.78, 5) is 4.78. The maximum atomic E-state index is 10.2. The van der Waals surface area contributed by atoms with Crippen molar-refractivity contribution in [2.45, 2.75) is 0 Å². The van der Waals surface area contributed by atoms with E-state index >= 15 is 0 Å². The van der Waals surface area contributed by atoms with Gasteiger partial charge in [-0.25, -0.2) is 4.98 Å². The first-order valence-corrected chi connectivity index (χ1v) is 9.39. The van der Waals surface area contributed by atoms with Gasteiger partial charge in [0.15, 0.2) is 11.5 Å². The number of hydrazone groups is 1. The van der Waals surface area contributed by atoms with Crippen LogP contribution in [0.3, 0.4) is 0 Å². The fourth-order valence-corrected chi connectivity index (χ4v) is 3.16. The topological polar surface area (TPSA) is 76.0 Å². The Bertz CT molecular complexity index is 1210. The highest BCUT2D eigenvalue weighted by Crippen LogP contribution is 2.31. The van der Waals surface area contributed by atoms with E-state index in [1.165, 1.54) is 7.11 Å². The summed E-state index contributed by atoms with van der Waals surface area (Å²) in [7, 11) is 3.14. The van der Waals surface area contributed by atoms with Crippen molar-refractivity contribution in [1.82, 2.24) is 4.98 Å². The molecule has 6 heteroatoms. The maximum absolute atomic E-state index is 10.2. The van der Waals surface area contributed by atoms with Gasteiger partial charge in [-0.3, -0.25) is 5.43 Å². The third-order valence-corrected chi connectivity index (χ3v) is 4.72. The van der Waals surface area contributed by atoms with E-state index in [1.807, 2.05) is 54.6 Å². The van der Waals surface area contributed by atoms with Gasteiger partial charge in [0.2, 0.25) is 0 Å². The molecule has 1 aromatic heterocycles. The van der Waals surface area contributed by atoms with Crippen molar-refractivity contribution in [2.24, 2.45) is 5.10 Å². The minimum absolute atomic E-state index is 0.0387. The predicted molar refractivity (Wildman–Crippen MR) is 120 cm³/mol. The first-order chi connectivity index (χ1) is 14.7. The first kappa shape index (κ1) is 19.3. The van der Waals surface area contributed by atoms with Crippen LogP contribution < -0.4 is 14.9 Å². The molecule has 0 aliphatic rings. The number of pyridine rings is 1. The van der Waals surface area contributed by atoms with Gasteiger partial charge in [-0.05, 0) is 36.4 Å². The van der Waals surface area contributed by atoms with Gasteiger partial charge in [0.25, 0.3) is 0 Å². The average molecular weight is 399 g/mol. The van der Waals surface area contributed by atoms with Crippen LogP contribution in [0.5, 0.6) is 17.2 Å². The Morgan fingerprint density at radius 1 is 0.933 bits per heavy atom. The number of para-hydroxylation sites is 1. The highest BCUT2D eigenvalue weighted by atomic mass is 16.5. The van der Waals surface area contributed by atoms with E-state index < -0.39 is 0 Å². The van der Waals surface area contributed by atoms with Gasteiger partial charge >= 0.3 is 0 Å². The number of phenols is 1. The lowest BCUT2D eigenvalue weighted by molar-refractivity contribution is 0.373. The molecule has 0 saturated carbocycles. The van der Waals surface area contributed by atoms with E-state index in [1.54, 1.807) is 31.5 Å². The number of nitrogens with zero attached hydrogens (tertiary/aromatic N) is 2. The van der Waals surface area contributed by atoms with Crippen LogP contribution in [0.1, 0.15) is 5.56 Å². The second-order valence-electron chi connectivity index (χ2n) is 6.57. The van der Waals surface area contributed by atoms with Crippen LogP contribution in [0.25, 0.3) is 22.2 Å². The summed E-state index contributed by atoms with van der Waals surface area (Å²) in [6, 6.07) is 22.9. The number of methoxy groups -OCH3 is 2. The second kappa shape index (κ2) is 8.53. The Morgan fingerprint density at radius 2 is 1.77 bits per heavy atom. The van der Waals surface area contributed by atoms with E-state index in [-0.39, 0.29) is 5.75 Å². The zero-order valence-electron chi connectivity index (χ0n) is 16.7. The molecule has 0 fully saturated rings. The molecular weight excluding hydrogens is 378 g/mol. The van der Waals surface area contributed by atoms with Crippen LogP contribution in [-0.2, 0) is 0 Å². The Kier molecular flexibility index (Phi) is 5.48. The Labute approximate surface area is 174 Å². The summed E-state index contributed by atoms with van der Waals surface area (Å²) >= 11 is 0. The van der Waals surface area contributed by atoms with Crippen molar-refractivity contribution < 1.29 is 14.6 Å². The van der Waals surface area contributed by atoms with E-state index in [2.05, 4.69) is 10.5 Å². The number of ether oxygens (including phenoxy) is 2. The van der Waals surface area contributed by atoms with Crippen molar-refractivity contribution >= 4 is 22.8 Å². The largest absolute Gasteiger partial charge is 0.504 e. The fourth-order valence-electron chi connectivity index (χ4n) is 3.16. The molecule has 0 aliphatic heterocycles. The van der Waals surface area contributed by atoms with Crippen LogP contribution in [0.15, 0.2) is 77.9 Å². The van der Waals surface area contributed by atoms with Gasteiger partial charge in [0.05, 0.1) is 37.3 Å². The van der Waals surface area contributed by atoms with Gasteiger partial charge in [-0.2, -0.15) is 5.10 Å². The van der Waals surface area contributed by atoms with Crippen molar-refractivity contribution in [3.63, 3.8) is 0 Å². The van der Waals surface area contributed by atoms with Gasteiger partial charge in [0, 0.05) is 16.5 Å². The molecule has 0 saturated heterocycles. The molecule has 0 atom stereocenters. The Hall–Kier alpha value is -4.06. The molecule has 2 N–H and O–H groups in total. The number of hydrogen-bond acceptors (Lipinski definition) is 6. The smallest absolute Gasteiger partial charge is 0.166 e. The zero-order valence-corrected chi connectivity index (χ0v) is 16.7. The molecule has 0 spiro atoms. The highest BCUT2D eigenvalue weighted by Gasteiger charge is 2.09. The second-order valence-corrected chi connectivity index (χ2v) is 6.57. The van der Waals surface area contributed by atoms with Crippen molar-refractivity contribution in [1.29, 1.82) is 0 Å². The van der Waals surface area contributed by atoms with Crippen LogP contribution in [0, 0.1) is 0 Å². The molecule has 6 nitrogen and oxygen atoms in total. The summed E-state index contributed by atoms with van der Waals surface area (Å²) in [5.41, 5.74) is 7.06. The van der Waals surface area contributed by atoms with Gasteiger partial charge in [-0.1, -0.05) is 36.4 Å². The fraction of sp³-hybridized carbons (Fsp3) is 0.0833. The number of nitrogens with one attached hydrogen (secondary N) is 1. The Balaban J connectivity index is 1.74. The molecule has 4 rings (SSSR count). The summed E-state index contributed by atoms with van der Waals surface area (Å²) < 4.78 is 10.5. The summed E-state index contributed by atoms with van der Waals surface area (Å²) in [6.07, 6.45) is 1.55. The van der Waals surface area contributed by atoms with Crippen LogP contribution in [-0.4, -0.2) is 30.5 Å². The van der Waals surface area contributed by atoms with Crippen molar-refractivity contribution in [3.05, 3.63) is 78.4 Å². The number of benzene rings is 3. The number of rotatable bonds is 6. The maximum Gasteiger partial charge on any atom is 0.166 e. The van der Waals surface area contributed by atoms with Crippen molar-refractivity contribution in [3.8, 4) is 28.5 Å². The number of aromatic nitrogens is 1. The van der Waals surface area contributed by atoms with E-state index in [9.17, 15) is 5.11 Å². The van der Waals surface area contributed by atoms with Crippen LogP contribution >= 0.6 is 0 Å². The first-order valence-electron chi connectivity index (χ1n) is 9.39. The van der Waals surface area contributed by atoms with Gasteiger partial charge < -0.3 is 14.6 Å². The molecular formula is C24H21N3O3. The molecule has 0 bridgehead atoms. The van der Waals surface area contributed by atoms with E-state index in [0.29, 0.717) is 11.3 Å². The molecule has 0 aliphatic carbocycles. The predicted octanol–water partition coefficient (Wildman–Crippen LogP) is 5.07. The molecule has 150 valence electrons. The van der Waals surface area contributed by atoms with E-state index in [4.69, 9.17) is 14.5 Å². The summed E-state index contributed by atoms with van der Waals surface area (Å²) in [5.74, 6) is 1.16. The van der Waals surface area contributed by atoms with Crippen LogP contribution in [0.2, 0.25) is 0 Å². The molecule has 4 aromatic rings. The normalized spacial score (nSPS) is 11.0. The zero-order chi connectivity index (χ0) is 20.9. The van der Waals surface area contributed by atoms with Gasteiger partial charge in [-0.15, -0.1) is 0 Å². The molecule has 0 radical (unpaired) electrons. The number of anilines is 1. The molecule has 0 amide bonds. The molecule has 0 unspecified atom stereocenters. The number of phenolic OH excluding ortho intramolecular Hbond substituents is 1. The SMILES string of the molecule is COc1ccc2nc(-c3ccccc3)cc(N/N=C/c3cccc(OC)c3O)c2c1. The highest BCUT2D eigenvalue weighted by molar-refractivity contribution is 5.95. The minimum atomic E-state index is 0.0387. The lowest BCUT2D eigenvalue weighted by Crippen LogP contribution is -1.96. The summed E-state index contributed by atoms with van der Waals surface area (Å²) in [5, 5.41) is 15.5. The monoisotopic (exact) mass is 399 g/mol. The standard InChI is InChI=1S/C24H21N3O3/c1-29-18-11-12-20-19(13-18)22(14-21(26-20)16-7-4-3-5-8-16)27-25-15-17-9-6-10-23(30-2)24(17)28/h3-15,28H,1-2H3,(H,26,27)/b25-15+. The minimum Gasteiger partial charge on any atom is -0.504 e. The quantitative estimate of drug-likeness (QED) is 0.350. The lowest BCUT2D eigenvalue weighted by Gasteiger charge is -2.11. The third-order valence-electron chi connectivity index (χ3n) is 4.72. The third kappa shape index (κ3) is 3.89. The molecule has 3 aromatic carbocycles. The number of hydrogen-bond donors (Lipinski definition) is 2. The summed E-state index contributed by atoms with van der Waals surface area (Å²) in [6.45, 7) is 0. The average Bonchev–Trinajstić information content (AvgIpc) is 2.80. The molecule has 1 heterocycles. The van der Waals surface area contributed by atoms with Gasteiger partial charge in [0.1, 0.15) is 5.75 Å². The molecule has 30 heavy (non-hydrogen) atoms.